The van der Waals surface area contributed by atoms with Crippen LogP contribution in [0.15, 0.2) is 186 Å². The lowest BCUT2D eigenvalue weighted by molar-refractivity contribution is 0.633. The summed E-state index contributed by atoms with van der Waals surface area (Å²) in [6, 6.07) is 65.6. The molecule has 9 aromatic carbocycles. The molecular formula is C48H30O. The average Bonchev–Trinajstić information content (AvgIpc) is 3.54. The summed E-state index contributed by atoms with van der Waals surface area (Å²) in [7, 11) is 0. The van der Waals surface area contributed by atoms with Gasteiger partial charge in [0.2, 0.25) is 0 Å². The zero-order chi connectivity index (χ0) is 32.3. The molecular weight excluding hydrogens is 593 g/mol. The lowest BCUT2D eigenvalue weighted by Gasteiger charge is -2.18. The van der Waals surface area contributed by atoms with Gasteiger partial charge in [-0.05, 0) is 83.0 Å². The van der Waals surface area contributed by atoms with Gasteiger partial charge in [-0.25, -0.2) is 0 Å². The molecule has 0 spiro atoms. The molecule has 0 aliphatic heterocycles. The number of fused-ring (bicyclic) bond motifs is 5. The molecule has 0 aliphatic rings. The predicted molar refractivity (Wildman–Crippen MR) is 208 cm³/mol. The first-order valence-electron chi connectivity index (χ1n) is 16.8. The van der Waals surface area contributed by atoms with Gasteiger partial charge in [-0.15, -0.1) is 0 Å². The van der Waals surface area contributed by atoms with E-state index in [9.17, 15) is 0 Å². The first-order chi connectivity index (χ1) is 24.3. The Morgan fingerprint density at radius 2 is 0.735 bits per heavy atom. The highest BCUT2D eigenvalue weighted by Crippen LogP contribution is 2.47. The van der Waals surface area contributed by atoms with Gasteiger partial charge in [0.05, 0.1) is 0 Å². The summed E-state index contributed by atoms with van der Waals surface area (Å²) < 4.78 is 6.84. The Labute approximate surface area is 284 Å². The van der Waals surface area contributed by atoms with Crippen molar-refractivity contribution in [3.63, 3.8) is 0 Å². The molecule has 0 saturated heterocycles. The molecule has 0 amide bonds. The molecule has 0 fully saturated rings. The van der Waals surface area contributed by atoms with E-state index in [0.717, 1.165) is 33.4 Å². The van der Waals surface area contributed by atoms with Gasteiger partial charge in [0.15, 0.2) is 0 Å². The minimum absolute atomic E-state index is 0.897. The third kappa shape index (κ3) is 4.40. The van der Waals surface area contributed by atoms with Crippen LogP contribution in [0.3, 0.4) is 0 Å². The molecule has 0 saturated carbocycles. The third-order valence-corrected chi connectivity index (χ3v) is 10.0. The minimum Gasteiger partial charge on any atom is -0.455 e. The maximum Gasteiger partial charge on any atom is 0.143 e. The zero-order valence-electron chi connectivity index (χ0n) is 26.7. The van der Waals surface area contributed by atoms with Gasteiger partial charge in [0.1, 0.15) is 11.3 Å². The fourth-order valence-corrected chi connectivity index (χ4v) is 7.84. The van der Waals surface area contributed by atoms with Crippen LogP contribution in [0.4, 0.5) is 0 Å². The highest BCUT2D eigenvalue weighted by Gasteiger charge is 2.21. The lowest BCUT2D eigenvalue weighted by Crippen LogP contribution is -1.91. The number of benzene rings is 9. The molecule has 0 bridgehead atoms. The van der Waals surface area contributed by atoms with E-state index in [2.05, 4.69) is 182 Å². The van der Waals surface area contributed by atoms with E-state index in [0.29, 0.717) is 0 Å². The molecule has 0 unspecified atom stereocenters. The fourth-order valence-electron chi connectivity index (χ4n) is 7.84. The fraction of sp³-hybridized carbons (Fsp3) is 0. The van der Waals surface area contributed by atoms with Crippen molar-refractivity contribution in [3.05, 3.63) is 182 Å². The van der Waals surface area contributed by atoms with Crippen LogP contribution in [0.5, 0.6) is 0 Å². The van der Waals surface area contributed by atoms with Gasteiger partial charge < -0.3 is 4.42 Å². The van der Waals surface area contributed by atoms with Gasteiger partial charge in [0.25, 0.3) is 0 Å². The van der Waals surface area contributed by atoms with Crippen molar-refractivity contribution >= 4 is 54.1 Å². The summed E-state index contributed by atoms with van der Waals surface area (Å²) in [5.74, 6) is 0.901. The number of hydrogen-bond donors (Lipinski definition) is 0. The van der Waals surface area contributed by atoms with Crippen molar-refractivity contribution in [2.24, 2.45) is 0 Å². The Balaban J connectivity index is 1.22. The molecule has 228 valence electrons. The molecule has 10 rings (SSSR count). The second-order valence-corrected chi connectivity index (χ2v) is 12.8. The lowest BCUT2D eigenvalue weighted by atomic mass is 9.85. The monoisotopic (exact) mass is 622 g/mol. The normalized spacial score (nSPS) is 11.7. The summed E-state index contributed by atoms with van der Waals surface area (Å²) >= 11 is 0. The molecule has 0 N–H and O–H groups in total. The van der Waals surface area contributed by atoms with E-state index < -0.39 is 0 Å². The highest BCUT2D eigenvalue weighted by molar-refractivity contribution is 6.21. The Morgan fingerprint density at radius 3 is 1.35 bits per heavy atom. The van der Waals surface area contributed by atoms with Crippen LogP contribution in [-0.4, -0.2) is 0 Å². The standard InChI is InChI=1S/C48H30O/c1-2-14-32(15-3-1)45-38-20-8-10-22-40(38)46(41-23-11-9-21-39(41)45)33-25-27-34(28-26-33)47-43-29-35-16-4-5-17-36(35)30-44(43)49-48(47)42-24-12-18-31-13-6-7-19-37(31)42/h1-30H. The predicted octanol–water partition coefficient (Wildman–Crippen LogP) is 13.7. The van der Waals surface area contributed by atoms with Crippen molar-refractivity contribution in [3.8, 4) is 44.7 Å². The van der Waals surface area contributed by atoms with Crippen LogP contribution >= 0.6 is 0 Å². The van der Waals surface area contributed by atoms with Crippen molar-refractivity contribution in [1.29, 1.82) is 0 Å². The van der Waals surface area contributed by atoms with Crippen LogP contribution in [0, 0.1) is 0 Å². The van der Waals surface area contributed by atoms with Crippen LogP contribution in [0.25, 0.3) is 98.8 Å². The first kappa shape index (κ1) is 27.7. The van der Waals surface area contributed by atoms with Crippen molar-refractivity contribution < 1.29 is 4.42 Å². The Hall–Kier alpha value is -6.44. The quantitative estimate of drug-likeness (QED) is 0.178. The number of hydrogen-bond acceptors (Lipinski definition) is 1. The SMILES string of the molecule is c1ccc(-c2c3ccccc3c(-c3ccc(-c4c(-c5cccc6ccccc56)oc5cc6ccccc6cc45)cc3)c3ccccc23)cc1. The molecule has 1 nitrogen and oxygen atoms in total. The summed E-state index contributed by atoms with van der Waals surface area (Å²) in [6.45, 7) is 0. The first-order valence-corrected chi connectivity index (χ1v) is 16.8. The maximum absolute atomic E-state index is 6.84. The largest absolute Gasteiger partial charge is 0.455 e. The highest BCUT2D eigenvalue weighted by atomic mass is 16.3. The third-order valence-electron chi connectivity index (χ3n) is 10.0. The Morgan fingerprint density at radius 1 is 0.286 bits per heavy atom. The molecule has 10 aromatic rings. The molecule has 0 aliphatic carbocycles. The number of rotatable bonds is 4. The maximum atomic E-state index is 6.84. The van der Waals surface area contributed by atoms with E-state index in [1.54, 1.807) is 0 Å². The van der Waals surface area contributed by atoms with Gasteiger partial charge in [0, 0.05) is 16.5 Å². The molecule has 1 heterocycles. The van der Waals surface area contributed by atoms with Crippen molar-refractivity contribution in [2.45, 2.75) is 0 Å². The smallest absolute Gasteiger partial charge is 0.143 e. The molecule has 49 heavy (non-hydrogen) atoms. The van der Waals surface area contributed by atoms with Gasteiger partial charge in [-0.3, -0.25) is 0 Å². The summed E-state index contributed by atoms with van der Waals surface area (Å²) in [5, 5.41) is 10.9. The molecule has 1 aromatic heterocycles. The van der Waals surface area contributed by atoms with E-state index in [1.807, 2.05) is 0 Å². The molecule has 0 radical (unpaired) electrons. The Kier molecular flexibility index (Phi) is 6.25. The topological polar surface area (TPSA) is 13.1 Å². The number of furan rings is 1. The molecule has 1 heteroatoms. The summed E-state index contributed by atoms with van der Waals surface area (Å²) in [4.78, 5) is 0. The molecule has 0 atom stereocenters. The Bertz CT molecular complexity index is 2790. The van der Waals surface area contributed by atoms with Crippen LogP contribution < -0.4 is 0 Å². The summed E-state index contributed by atoms with van der Waals surface area (Å²) in [5.41, 5.74) is 9.23. The van der Waals surface area contributed by atoms with E-state index in [4.69, 9.17) is 4.42 Å². The second-order valence-electron chi connectivity index (χ2n) is 12.8. The van der Waals surface area contributed by atoms with Gasteiger partial charge in [-0.1, -0.05) is 170 Å². The van der Waals surface area contributed by atoms with E-state index >= 15 is 0 Å². The van der Waals surface area contributed by atoms with Crippen LogP contribution in [-0.2, 0) is 0 Å². The second kappa shape index (κ2) is 11.1. The van der Waals surface area contributed by atoms with Gasteiger partial charge >= 0.3 is 0 Å². The summed E-state index contributed by atoms with van der Waals surface area (Å²) in [6.07, 6.45) is 0. The van der Waals surface area contributed by atoms with Crippen LogP contribution in [0.1, 0.15) is 0 Å². The minimum atomic E-state index is 0.897. The van der Waals surface area contributed by atoms with Gasteiger partial charge in [-0.2, -0.15) is 0 Å². The van der Waals surface area contributed by atoms with Crippen molar-refractivity contribution in [2.75, 3.05) is 0 Å². The zero-order valence-corrected chi connectivity index (χ0v) is 26.7. The van der Waals surface area contributed by atoms with E-state index in [1.165, 1.54) is 65.3 Å². The average molecular weight is 623 g/mol. The van der Waals surface area contributed by atoms with Crippen LogP contribution in [0.2, 0.25) is 0 Å². The van der Waals surface area contributed by atoms with Crippen molar-refractivity contribution in [1.82, 2.24) is 0 Å². The van der Waals surface area contributed by atoms with E-state index in [-0.39, 0.29) is 0 Å².